The van der Waals surface area contributed by atoms with E-state index in [1.165, 1.54) is 29.9 Å². The van der Waals surface area contributed by atoms with Gasteiger partial charge in [0.2, 0.25) is 0 Å². The van der Waals surface area contributed by atoms with Crippen LogP contribution in [-0.2, 0) is 9.59 Å². The van der Waals surface area contributed by atoms with Crippen LogP contribution in [0.1, 0.15) is 37.8 Å². The Bertz CT molecular complexity index is 957. The number of aliphatic hydroxyl groups excluding tert-OH is 1. The molecule has 0 bridgehead atoms. The maximum atomic E-state index is 12.9. The number of carbonyl (C=O) groups is 2. The van der Waals surface area contributed by atoms with Gasteiger partial charge in [0.05, 0.1) is 11.6 Å². The van der Waals surface area contributed by atoms with Gasteiger partial charge in [0.25, 0.3) is 5.91 Å². The van der Waals surface area contributed by atoms with Gasteiger partial charge in [-0.1, -0.05) is 19.1 Å². The summed E-state index contributed by atoms with van der Waals surface area (Å²) in [5.74, 6) is -1.27. The number of phenolic OH excluding ortho intramolecular Hbond substituents is 1. The monoisotopic (exact) mass is 392 g/mol. The van der Waals surface area contributed by atoms with Crippen LogP contribution < -0.4 is 9.80 Å². The number of rotatable bonds is 5. The van der Waals surface area contributed by atoms with Crippen LogP contribution >= 0.6 is 0 Å². The molecule has 2 heterocycles. The smallest absolute Gasteiger partial charge is 0.294 e. The van der Waals surface area contributed by atoms with E-state index in [-0.39, 0.29) is 23.5 Å². The van der Waals surface area contributed by atoms with Crippen molar-refractivity contribution in [1.29, 1.82) is 0 Å². The maximum absolute atomic E-state index is 12.9. The first kappa shape index (κ1) is 19.1. The quantitative estimate of drug-likeness (QED) is 0.807. The van der Waals surface area contributed by atoms with Crippen LogP contribution in [0, 0.1) is 0 Å². The zero-order valence-corrected chi connectivity index (χ0v) is 16.3. The van der Waals surface area contributed by atoms with E-state index in [4.69, 9.17) is 0 Å². The van der Waals surface area contributed by atoms with E-state index in [1.807, 2.05) is 24.3 Å². The zero-order valence-electron chi connectivity index (χ0n) is 16.3. The number of hydrogen-bond donors (Lipinski definition) is 2. The van der Waals surface area contributed by atoms with Gasteiger partial charge in [-0.3, -0.25) is 14.5 Å². The van der Waals surface area contributed by atoms with Gasteiger partial charge < -0.3 is 15.1 Å². The molecule has 29 heavy (non-hydrogen) atoms. The number of nitrogens with zero attached hydrogens (tertiary/aromatic N) is 2. The van der Waals surface area contributed by atoms with E-state index < -0.39 is 17.7 Å². The minimum Gasteiger partial charge on any atom is -0.508 e. The number of benzene rings is 2. The summed E-state index contributed by atoms with van der Waals surface area (Å²) in [7, 11) is 0. The first-order valence-electron chi connectivity index (χ1n) is 9.95. The Morgan fingerprint density at radius 1 is 0.966 bits per heavy atom. The second-order valence-electron chi connectivity index (χ2n) is 7.42. The van der Waals surface area contributed by atoms with E-state index in [1.54, 1.807) is 19.1 Å². The predicted molar refractivity (Wildman–Crippen MR) is 111 cm³/mol. The van der Waals surface area contributed by atoms with E-state index in [0.717, 1.165) is 18.8 Å². The van der Waals surface area contributed by atoms with Crippen molar-refractivity contribution in [1.82, 2.24) is 0 Å². The third-order valence-corrected chi connectivity index (χ3v) is 5.64. The van der Waals surface area contributed by atoms with Gasteiger partial charge in [-0.15, -0.1) is 0 Å². The Morgan fingerprint density at radius 3 is 2.14 bits per heavy atom. The zero-order chi connectivity index (χ0) is 20.5. The summed E-state index contributed by atoms with van der Waals surface area (Å²) in [6.07, 6.45) is 2.54. The standard InChI is InChI=1S/C23H24N2O4/c1-2-19(27)20-21(15-5-11-18(26)12-6-15)25(23(29)22(20)28)17-9-7-16(8-10-17)24-13-3-4-14-24/h5-12,21,26,28H,2-4,13-14H2,1H3. The lowest BCUT2D eigenvalue weighted by Gasteiger charge is -2.27. The molecule has 150 valence electrons. The Morgan fingerprint density at radius 2 is 1.55 bits per heavy atom. The molecule has 1 unspecified atom stereocenters. The number of carbonyl (C=O) groups excluding carboxylic acids is 2. The van der Waals surface area contributed by atoms with Crippen LogP contribution in [0.5, 0.6) is 5.75 Å². The van der Waals surface area contributed by atoms with Gasteiger partial charge in [0, 0.05) is 30.9 Å². The van der Waals surface area contributed by atoms with E-state index in [9.17, 15) is 19.8 Å². The molecule has 4 rings (SSSR count). The summed E-state index contributed by atoms with van der Waals surface area (Å²) in [6.45, 7) is 3.75. The second-order valence-corrected chi connectivity index (χ2v) is 7.42. The number of phenols is 1. The predicted octanol–water partition coefficient (Wildman–Crippen LogP) is 3.87. The number of ketones is 1. The number of hydrogen-bond acceptors (Lipinski definition) is 5. The van der Waals surface area contributed by atoms with Crippen molar-refractivity contribution in [2.24, 2.45) is 0 Å². The highest BCUT2D eigenvalue weighted by Crippen LogP contribution is 2.42. The Hall–Kier alpha value is -3.28. The highest BCUT2D eigenvalue weighted by molar-refractivity contribution is 6.16. The Balaban J connectivity index is 1.75. The fourth-order valence-corrected chi connectivity index (χ4v) is 4.12. The fraction of sp³-hybridized carbons (Fsp3) is 0.304. The van der Waals surface area contributed by atoms with Gasteiger partial charge in [0.15, 0.2) is 11.5 Å². The molecule has 1 atom stereocenters. The van der Waals surface area contributed by atoms with Gasteiger partial charge in [0.1, 0.15) is 5.75 Å². The van der Waals surface area contributed by atoms with E-state index in [0.29, 0.717) is 11.3 Å². The van der Waals surface area contributed by atoms with Crippen LogP contribution in [0.25, 0.3) is 0 Å². The van der Waals surface area contributed by atoms with Gasteiger partial charge >= 0.3 is 0 Å². The molecule has 0 radical (unpaired) electrons. The number of aliphatic hydroxyl groups is 1. The van der Waals surface area contributed by atoms with E-state index in [2.05, 4.69) is 4.90 Å². The molecule has 2 N–H and O–H groups in total. The molecule has 0 aromatic heterocycles. The third kappa shape index (κ3) is 3.35. The average Bonchev–Trinajstić information content (AvgIpc) is 3.36. The molecular formula is C23H24N2O4. The molecule has 2 aliphatic rings. The molecule has 2 aromatic rings. The molecule has 6 heteroatoms. The number of aromatic hydroxyl groups is 1. The van der Waals surface area contributed by atoms with Gasteiger partial charge in [-0.2, -0.15) is 0 Å². The topological polar surface area (TPSA) is 81.1 Å². The second kappa shape index (κ2) is 7.62. The summed E-state index contributed by atoms with van der Waals surface area (Å²) in [4.78, 5) is 29.3. The molecule has 1 fully saturated rings. The van der Waals surface area contributed by atoms with Gasteiger partial charge in [-0.05, 0) is 54.8 Å². The molecule has 6 nitrogen and oxygen atoms in total. The Kier molecular flexibility index (Phi) is 5.01. The maximum Gasteiger partial charge on any atom is 0.294 e. The molecule has 0 saturated carbocycles. The highest BCUT2D eigenvalue weighted by Gasteiger charge is 2.43. The van der Waals surface area contributed by atoms with Gasteiger partial charge in [-0.25, -0.2) is 0 Å². The minimum atomic E-state index is -0.729. The fourth-order valence-electron chi connectivity index (χ4n) is 4.12. The molecular weight excluding hydrogens is 368 g/mol. The molecule has 2 aromatic carbocycles. The first-order valence-corrected chi connectivity index (χ1v) is 9.95. The minimum absolute atomic E-state index is 0.0937. The molecule has 0 spiro atoms. The van der Waals surface area contributed by atoms with Crippen LogP contribution in [0.3, 0.4) is 0 Å². The highest BCUT2D eigenvalue weighted by atomic mass is 16.3. The van der Waals surface area contributed by atoms with Crippen molar-refractivity contribution in [2.45, 2.75) is 32.2 Å². The third-order valence-electron chi connectivity index (χ3n) is 5.64. The average molecular weight is 392 g/mol. The van der Waals surface area contributed by atoms with Crippen molar-refractivity contribution >= 4 is 23.1 Å². The van der Waals surface area contributed by atoms with Crippen molar-refractivity contribution in [3.63, 3.8) is 0 Å². The van der Waals surface area contributed by atoms with Crippen LogP contribution in [0.2, 0.25) is 0 Å². The normalized spacial score (nSPS) is 19.3. The van der Waals surface area contributed by atoms with Crippen LogP contribution in [0.4, 0.5) is 11.4 Å². The lowest BCUT2D eigenvalue weighted by molar-refractivity contribution is -0.118. The van der Waals surface area contributed by atoms with E-state index >= 15 is 0 Å². The van der Waals surface area contributed by atoms with Crippen molar-refractivity contribution < 1.29 is 19.8 Å². The van der Waals surface area contributed by atoms with Crippen molar-refractivity contribution in [3.05, 3.63) is 65.4 Å². The summed E-state index contributed by atoms with van der Waals surface area (Å²) in [5.41, 5.74) is 2.47. The molecule has 1 saturated heterocycles. The summed E-state index contributed by atoms with van der Waals surface area (Å²) >= 11 is 0. The van der Waals surface area contributed by atoms with Crippen LogP contribution in [-0.4, -0.2) is 35.0 Å². The Labute approximate surface area is 169 Å². The number of amides is 1. The lowest BCUT2D eigenvalue weighted by Crippen LogP contribution is -2.31. The number of anilines is 2. The lowest BCUT2D eigenvalue weighted by atomic mass is 9.95. The summed E-state index contributed by atoms with van der Waals surface area (Å²) in [6, 6.07) is 13.3. The van der Waals surface area contributed by atoms with Crippen LogP contribution in [0.15, 0.2) is 59.9 Å². The van der Waals surface area contributed by atoms with Crippen molar-refractivity contribution in [2.75, 3.05) is 22.9 Å². The number of Topliss-reactive ketones (excluding diaryl/α,β-unsaturated/α-hetero) is 1. The SMILES string of the molecule is CCC(=O)C1=C(O)C(=O)N(c2ccc(N3CCCC3)cc2)C1c1ccc(O)cc1. The molecule has 2 aliphatic heterocycles. The molecule has 0 aliphatic carbocycles. The van der Waals surface area contributed by atoms with Crippen molar-refractivity contribution in [3.8, 4) is 5.75 Å². The summed E-state index contributed by atoms with van der Waals surface area (Å²) in [5, 5.41) is 20.1. The largest absolute Gasteiger partial charge is 0.508 e. The first-order chi connectivity index (χ1) is 14.0. The molecule has 1 amide bonds. The summed E-state index contributed by atoms with van der Waals surface area (Å²) < 4.78 is 0.